The summed E-state index contributed by atoms with van der Waals surface area (Å²) >= 11 is 0. The van der Waals surface area contributed by atoms with Gasteiger partial charge in [0.1, 0.15) is 22.6 Å². The molecule has 0 spiro atoms. The highest BCUT2D eigenvalue weighted by atomic mass is 16.6. The van der Waals surface area contributed by atoms with Gasteiger partial charge in [0, 0.05) is 31.7 Å². The van der Waals surface area contributed by atoms with Crippen LogP contribution < -0.4 is 20.4 Å². The number of amides is 1. The minimum atomic E-state index is -0.780. The molecule has 8 nitrogen and oxygen atoms in total. The second-order valence-corrected chi connectivity index (χ2v) is 7.90. The average Bonchev–Trinajstić information content (AvgIpc) is 2.90. The molecule has 4 rings (SSSR count). The van der Waals surface area contributed by atoms with Gasteiger partial charge in [-0.25, -0.2) is 9.59 Å². The van der Waals surface area contributed by atoms with E-state index >= 15 is 0 Å². The second-order valence-electron chi connectivity index (χ2n) is 7.90. The topological polar surface area (TPSA) is 104 Å². The number of esters is 1. The SMILES string of the molecule is COCCCNC(=O)c1cc2ccc(OC(=O)COc3ccc(-c4ccccc4)cc3)cc2oc1=O. The highest BCUT2D eigenvalue weighted by molar-refractivity contribution is 5.96. The minimum absolute atomic E-state index is 0.101. The molecule has 0 saturated heterocycles. The van der Waals surface area contributed by atoms with Gasteiger partial charge in [-0.15, -0.1) is 0 Å². The van der Waals surface area contributed by atoms with Crippen molar-refractivity contribution in [1.82, 2.24) is 5.32 Å². The predicted octanol–water partition coefficient (Wildman–Crippen LogP) is 4.21. The lowest BCUT2D eigenvalue weighted by Gasteiger charge is -2.09. The Bertz CT molecular complexity index is 1400. The van der Waals surface area contributed by atoms with Crippen molar-refractivity contribution in [2.45, 2.75) is 6.42 Å². The number of nitrogens with one attached hydrogen (secondary N) is 1. The number of fused-ring (bicyclic) bond motifs is 1. The largest absolute Gasteiger partial charge is 0.482 e. The lowest BCUT2D eigenvalue weighted by Crippen LogP contribution is -2.29. The summed E-state index contributed by atoms with van der Waals surface area (Å²) in [6.45, 7) is 0.576. The Hall–Kier alpha value is -4.43. The van der Waals surface area contributed by atoms with Crippen LogP contribution in [-0.4, -0.2) is 38.7 Å². The molecule has 0 bridgehead atoms. The molecule has 184 valence electrons. The van der Waals surface area contributed by atoms with Gasteiger partial charge in [-0.2, -0.15) is 0 Å². The molecule has 0 unspecified atom stereocenters. The highest BCUT2D eigenvalue weighted by Crippen LogP contribution is 2.23. The van der Waals surface area contributed by atoms with Gasteiger partial charge in [0.05, 0.1) is 0 Å². The fourth-order valence-electron chi connectivity index (χ4n) is 3.50. The minimum Gasteiger partial charge on any atom is -0.482 e. The van der Waals surface area contributed by atoms with E-state index in [4.69, 9.17) is 18.6 Å². The van der Waals surface area contributed by atoms with Gasteiger partial charge in [0.15, 0.2) is 6.61 Å². The molecular weight excluding hydrogens is 462 g/mol. The summed E-state index contributed by atoms with van der Waals surface area (Å²) in [6, 6.07) is 23.3. The summed E-state index contributed by atoms with van der Waals surface area (Å²) in [6.07, 6.45) is 0.624. The molecule has 36 heavy (non-hydrogen) atoms. The first kappa shape index (κ1) is 24.7. The number of ether oxygens (including phenoxy) is 3. The first-order valence-corrected chi connectivity index (χ1v) is 11.4. The van der Waals surface area contributed by atoms with Crippen molar-refractivity contribution < 1.29 is 28.2 Å². The van der Waals surface area contributed by atoms with Crippen molar-refractivity contribution in [3.05, 3.63) is 94.8 Å². The van der Waals surface area contributed by atoms with Crippen LogP contribution in [0.25, 0.3) is 22.1 Å². The Morgan fingerprint density at radius 1 is 0.889 bits per heavy atom. The van der Waals surface area contributed by atoms with Crippen molar-refractivity contribution in [3.8, 4) is 22.6 Å². The monoisotopic (exact) mass is 487 g/mol. The Kier molecular flexibility index (Phi) is 8.10. The quantitative estimate of drug-likeness (QED) is 0.155. The maximum atomic E-state index is 12.3. The fraction of sp³-hybridized carbons (Fsp3) is 0.179. The highest BCUT2D eigenvalue weighted by Gasteiger charge is 2.15. The summed E-state index contributed by atoms with van der Waals surface area (Å²) in [5.74, 6) is -0.415. The van der Waals surface area contributed by atoms with Gasteiger partial charge in [0.2, 0.25) is 0 Å². The van der Waals surface area contributed by atoms with Crippen LogP contribution in [0.4, 0.5) is 0 Å². The van der Waals surface area contributed by atoms with Crippen molar-refractivity contribution in [3.63, 3.8) is 0 Å². The number of carbonyl (C=O) groups is 2. The van der Waals surface area contributed by atoms with E-state index in [1.807, 2.05) is 42.5 Å². The van der Waals surface area contributed by atoms with Gasteiger partial charge in [-0.1, -0.05) is 42.5 Å². The van der Waals surface area contributed by atoms with Crippen LogP contribution in [-0.2, 0) is 9.53 Å². The molecule has 4 aromatic rings. The summed E-state index contributed by atoms with van der Waals surface area (Å²) in [5.41, 5.74) is 1.43. The summed E-state index contributed by atoms with van der Waals surface area (Å²) in [5, 5.41) is 3.17. The molecule has 0 aliphatic carbocycles. The normalized spacial score (nSPS) is 10.7. The maximum absolute atomic E-state index is 12.3. The molecule has 0 aliphatic heterocycles. The molecular formula is C28H25NO7. The molecule has 0 fully saturated rings. The van der Waals surface area contributed by atoms with Crippen molar-refractivity contribution in [1.29, 1.82) is 0 Å². The molecule has 1 aromatic heterocycles. The second kappa shape index (κ2) is 11.8. The third kappa shape index (κ3) is 6.37. The van der Waals surface area contributed by atoms with Crippen LogP contribution in [0, 0.1) is 0 Å². The van der Waals surface area contributed by atoms with Gasteiger partial charge >= 0.3 is 11.6 Å². The zero-order valence-electron chi connectivity index (χ0n) is 19.7. The molecule has 0 atom stereocenters. The third-order valence-corrected chi connectivity index (χ3v) is 5.31. The molecule has 8 heteroatoms. The molecule has 0 radical (unpaired) electrons. The molecule has 0 saturated carbocycles. The van der Waals surface area contributed by atoms with Crippen molar-refractivity contribution in [2.75, 3.05) is 26.9 Å². The number of carbonyl (C=O) groups excluding carboxylic acids is 2. The van der Waals surface area contributed by atoms with E-state index in [1.54, 1.807) is 31.4 Å². The summed E-state index contributed by atoms with van der Waals surface area (Å²) in [7, 11) is 1.57. The van der Waals surface area contributed by atoms with Crippen molar-refractivity contribution >= 4 is 22.8 Å². The smallest absolute Gasteiger partial charge is 0.349 e. The first-order valence-electron chi connectivity index (χ1n) is 11.4. The van der Waals surface area contributed by atoms with Crippen LogP contribution in [0.15, 0.2) is 88.1 Å². The molecule has 3 aromatic carbocycles. The van der Waals surface area contributed by atoms with Gasteiger partial charge < -0.3 is 23.9 Å². The fourth-order valence-corrected chi connectivity index (χ4v) is 3.50. The molecule has 1 heterocycles. The maximum Gasteiger partial charge on any atom is 0.349 e. The van der Waals surface area contributed by atoms with Crippen LogP contribution in [0.2, 0.25) is 0 Å². The van der Waals surface area contributed by atoms with E-state index in [9.17, 15) is 14.4 Å². The van der Waals surface area contributed by atoms with E-state index in [-0.39, 0.29) is 23.5 Å². The van der Waals surface area contributed by atoms with Crippen LogP contribution >= 0.6 is 0 Å². The third-order valence-electron chi connectivity index (χ3n) is 5.31. The van der Waals surface area contributed by atoms with Crippen molar-refractivity contribution in [2.24, 2.45) is 0 Å². The Morgan fingerprint density at radius 2 is 1.61 bits per heavy atom. The summed E-state index contributed by atoms with van der Waals surface area (Å²) in [4.78, 5) is 36.8. The molecule has 1 N–H and O–H groups in total. The molecule has 1 amide bonds. The van der Waals surface area contributed by atoms with E-state index in [2.05, 4.69) is 5.32 Å². The zero-order valence-corrected chi connectivity index (χ0v) is 19.7. The Morgan fingerprint density at radius 3 is 2.36 bits per heavy atom. The number of benzene rings is 3. The predicted molar refractivity (Wildman–Crippen MR) is 134 cm³/mol. The van der Waals surface area contributed by atoms with Gasteiger partial charge in [-0.05, 0) is 47.9 Å². The van der Waals surface area contributed by atoms with E-state index in [0.717, 1.165) is 11.1 Å². The Labute approximate surface area is 207 Å². The standard InChI is InChI=1S/C28H25NO7/c1-33-15-5-14-29-27(31)24-16-21-10-13-23(17-25(21)36-28(24)32)35-26(30)18-34-22-11-8-20(9-12-22)19-6-3-2-4-7-19/h2-4,6-13,16-17H,5,14-15,18H2,1H3,(H,29,31). The number of hydrogen-bond donors (Lipinski definition) is 1. The van der Waals surface area contributed by atoms with Crippen LogP contribution in [0.3, 0.4) is 0 Å². The Balaban J connectivity index is 1.35. The van der Waals surface area contributed by atoms with E-state index in [1.165, 1.54) is 12.1 Å². The lowest BCUT2D eigenvalue weighted by molar-refractivity contribution is -0.136. The van der Waals surface area contributed by atoms with Gasteiger partial charge in [0.25, 0.3) is 5.91 Å². The molecule has 0 aliphatic rings. The first-order chi connectivity index (χ1) is 17.5. The lowest BCUT2D eigenvalue weighted by atomic mass is 10.1. The van der Waals surface area contributed by atoms with E-state index in [0.29, 0.717) is 30.7 Å². The number of hydrogen-bond acceptors (Lipinski definition) is 7. The van der Waals surface area contributed by atoms with Crippen LogP contribution in [0.1, 0.15) is 16.8 Å². The average molecular weight is 488 g/mol. The van der Waals surface area contributed by atoms with Gasteiger partial charge in [-0.3, -0.25) is 4.79 Å². The summed E-state index contributed by atoms with van der Waals surface area (Å²) < 4.78 is 21.0. The zero-order chi connectivity index (χ0) is 25.3. The van der Waals surface area contributed by atoms with Crippen LogP contribution in [0.5, 0.6) is 11.5 Å². The number of methoxy groups -OCH3 is 1. The van der Waals surface area contributed by atoms with E-state index < -0.39 is 17.5 Å². The number of rotatable bonds is 10.